The van der Waals surface area contributed by atoms with Gasteiger partial charge in [0.2, 0.25) is 11.1 Å². The monoisotopic (exact) mass is 421 g/mol. The third kappa shape index (κ3) is 3.94. The second-order valence-corrected chi connectivity index (χ2v) is 8.44. The molecule has 3 aromatic rings. The maximum Gasteiger partial charge on any atom is 0.240 e. The number of rotatable bonds is 6. The van der Waals surface area contributed by atoms with E-state index in [1.165, 1.54) is 17.3 Å². The SMILES string of the molecule is CCc1ccc([C@H]2Nn3c(CC)nnc3S[C@@H]2C(=O)Nc2ccccc2CC)cc1. The summed E-state index contributed by atoms with van der Waals surface area (Å²) >= 11 is 1.46. The van der Waals surface area contributed by atoms with Crippen molar-refractivity contribution in [3.63, 3.8) is 0 Å². The number of amides is 1. The van der Waals surface area contributed by atoms with Crippen LogP contribution in [0.2, 0.25) is 0 Å². The van der Waals surface area contributed by atoms with Crippen molar-refractivity contribution in [1.82, 2.24) is 14.9 Å². The highest BCUT2D eigenvalue weighted by atomic mass is 32.2. The summed E-state index contributed by atoms with van der Waals surface area (Å²) < 4.78 is 1.92. The predicted molar refractivity (Wildman–Crippen MR) is 121 cm³/mol. The van der Waals surface area contributed by atoms with Gasteiger partial charge in [0, 0.05) is 12.1 Å². The average Bonchev–Trinajstić information content (AvgIpc) is 3.20. The van der Waals surface area contributed by atoms with E-state index in [2.05, 4.69) is 66.0 Å². The Bertz CT molecular complexity index is 1030. The summed E-state index contributed by atoms with van der Waals surface area (Å²) in [6, 6.07) is 16.2. The molecule has 2 heterocycles. The molecule has 0 bridgehead atoms. The van der Waals surface area contributed by atoms with Gasteiger partial charge in [0.25, 0.3) is 0 Å². The molecule has 0 saturated heterocycles. The molecule has 0 aliphatic carbocycles. The maximum atomic E-state index is 13.4. The average molecular weight is 422 g/mol. The van der Waals surface area contributed by atoms with E-state index in [1.807, 2.05) is 28.9 Å². The molecule has 2 atom stereocenters. The van der Waals surface area contributed by atoms with E-state index in [0.717, 1.165) is 47.1 Å². The zero-order chi connectivity index (χ0) is 21.1. The summed E-state index contributed by atoms with van der Waals surface area (Å²) in [4.78, 5) is 13.4. The standard InChI is InChI=1S/C23H27N5OS/c1-4-15-11-13-17(14-12-15)20-21(30-23-26-25-19(6-3)28(23)27-20)22(29)24-18-10-8-7-9-16(18)5-2/h7-14,20-21,27H,4-6H2,1-3H3,(H,24,29)/t20-,21+/m1/s1. The van der Waals surface area contributed by atoms with Crippen LogP contribution in [0.25, 0.3) is 0 Å². The molecule has 0 saturated carbocycles. The first-order chi connectivity index (χ1) is 14.6. The van der Waals surface area contributed by atoms with Crippen LogP contribution in [0.4, 0.5) is 5.69 Å². The second-order valence-electron chi connectivity index (χ2n) is 7.33. The van der Waals surface area contributed by atoms with Crippen molar-refractivity contribution in [3.05, 3.63) is 71.0 Å². The number of para-hydroxylation sites is 1. The van der Waals surface area contributed by atoms with Gasteiger partial charge in [-0.1, -0.05) is 75.0 Å². The Balaban J connectivity index is 1.67. The molecule has 1 amide bonds. The highest BCUT2D eigenvalue weighted by Gasteiger charge is 2.37. The third-order valence-electron chi connectivity index (χ3n) is 5.48. The first-order valence-electron chi connectivity index (χ1n) is 10.5. The highest BCUT2D eigenvalue weighted by Crippen LogP contribution is 2.38. The molecular formula is C23H27N5OS. The number of carbonyl (C=O) groups is 1. The number of benzene rings is 2. The maximum absolute atomic E-state index is 13.4. The lowest BCUT2D eigenvalue weighted by Gasteiger charge is -2.33. The normalized spacial score (nSPS) is 17.8. The fourth-order valence-corrected chi connectivity index (χ4v) is 4.79. The minimum atomic E-state index is -0.371. The molecule has 0 radical (unpaired) electrons. The van der Waals surface area contributed by atoms with Gasteiger partial charge in [0.05, 0.1) is 6.04 Å². The largest absolute Gasteiger partial charge is 0.325 e. The Morgan fingerprint density at radius 2 is 1.80 bits per heavy atom. The number of fused-ring (bicyclic) bond motifs is 1. The van der Waals surface area contributed by atoms with Crippen LogP contribution in [0.1, 0.15) is 49.3 Å². The van der Waals surface area contributed by atoms with Crippen molar-refractivity contribution in [2.45, 2.75) is 56.5 Å². The van der Waals surface area contributed by atoms with Crippen molar-refractivity contribution in [3.8, 4) is 0 Å². The van der Waals surface area contributed by atoms with E-state index in [0.29, 0.717) is 0 Å². The van der Waals surface area contributed by atoms with Gasteiger partial charge in [-0.05, 0) is 35.6 Å². The van der Waals surface area contributed by atoms with Gasteiger partial charge in [-0.3, -0.25) is 4.79 Å². The van der Waals surface area contributed by atoms with E-state index in [-0.39, 0.29) is 17.2 Å². The van der Waals surface area contributed by atoms with Gasteiger partial charge in [-0.25, -0.2) is 4.68 Å². The fourth-order valence-electron chi connectivity index (χ4n) is 3.69. The minimum Gasteiger partial charge on any atom is -0.325 e. The number of nitrogens with one attached hydrogen (secondary N) is 2. The predicted octanol–water partition coefficient (Wildman–Crippen LogP) is 4.36. The van der Waals surface area contributed by atoms with Crippen LogP contribution in [-0.2, 0) is 24.1 Å². The lowest BCUT2D eigenvalue weighted by molar-refractivity contribution is -0.116. The van der Waals surface area contributed by atoms with Crippen molar-refractivity contribution in [2.75, 3.05) is 10.7 Å². The highest BCUT2D eigenvalue weighted by molar-refractivity contribution is 8.00. The van der Waals surface area contributed by atoms with Gasteiger partial charge in [-0.2, -0.15) is 0 Å². The zero-order valence-corrected chi connectivity index (χ0v) is 18.4. The summed E-state index contributed by atoms with van der Waals surface area (Å²) in [5.41, 5.74) is 7.85. The number of hydrogen-bond donors (Lipinski definition) is 2. The number of nitrogens with zero attached hydrogens (tertiary/aromatic N) is 3. The Morgan fingerprint density at radius 3 is 2.50 bits per heavy atom. The number of anilines is 1. The van der Waals surface area contributed by atoms with Crippen molar-refractivity contribution >= 4 is 23.4 Å². The van der Waals surface area contributed by atoms with E-state index < -0.39 is 0 Å². The molecule has 0 unspecified atom stereocenters. The van der Waals surface area contributed by atoms with Crippen LogP contribution in [0, 0.1) is 0 Å². The van der Waals surface area contributed by atoms with E-state index in [4.69, 9.17) is 0 Å². The van der Waals surface area contributed by atoms with Gasteiger partial charge >= 0.3 is 0 Å². The van der Waals surface area contributed by atoms with E-state index in [9.17, 15) is 4.79 Å². The first kappa shape index (κ1) is 20.5. The molecule has 1 aliphatic rings. The van der Waals surface area contributed by atoms with Crippen LogP contribution in [0.3, 0.4) is 0 Å². The first-order valence-corrected chi connectivity index (χ1v) is 11.4. The smallest absolute Gasteiger partial charge is 0.240 e. The van der Waals surface area contributed by atoms with E-state index >= 15 is 0 Å². The molecule has 6 nitrogen and oxygen atoms in total. The van der Waals surface area contributed by atoms with Crippen LogP contribution in [0.5, 0.6) is 0 Å². The molecule has 0 spiro atoms. The van der Waals surface area contributed by atoms with Crippen molar-refractivity contribution in [2.24, 2.45) is 0 Å². The molecule has 156 valence electrons. The van der Waals surface area contributed by atoms with Gasteiger partial charge in [0.1, 0.15) is 5.25 Å². The lowest BCUT2D eigenvalue weighted by atomic mass is 10.0. The second kappa shape index (κ2) is 8.92. The summed E-state index contributed by atoms with van der Waals surface area (Å²) in [6.07, 6.45) is 2.62. The Hall–Kier alpha value is -2.80. The molecule has 1 aromatic heterocycles. The molecule has 4 rings (SSSR count). The van der Waals surface area contributed by atoms with Crippen LogP contribution < -0.4 is 10.7 Å². The molecule has 0 fully saturated rings. The zero-order valence-electron chi connectivity index (χ0n) is 17.6. The number of aromatic nitrogens is 3. The van der Waals surface area contributed by atoms with Gasteiger partial charge in [-0.15, -0.1) is 10.2 Å². The molecule has 7 heteroatoms. The fraction of sp³-hybridized carbons (Fsp3) is 0.348. The minimum absolute atomic E-state index is 0.0368. The van der Waals surface area contributed by atoms with E-state index in [1.54, 1.807) is 0 Å². The van der Waals surface area contributed by atoms with Gasteiger partial charge in [0.15, 0.2) is 5.82 Å². The number of thioether (sulfide) groups is 1. The molecule has 2 N–H and O–H groups in total. The Morgan fingerprint density at radius 1 is 1.03 bits per heavy atom. The third-order valence-corrected chi connectivity index (χ3v) is 6.70. The number of carbonyl (C=O) groups excluding carboxylic acids is 1. The summed E-state index contributed by atoms with van der Waals surface area (Å²) in [5.74, 6) is 0.827. The number of hydrogen-bond acceptors (Lipinski definition) is 5. The van der Waals surface area contributed by atoms with Crippen molar-refractivity contribution in [1.29, 1.82) is 0 Å². The molecular weight excluding hydrogens is 394 g/mol. The van der Waals surface area contributed by atoms with Crippen LogP contribution in [-0.4, -0.2) is 26.0 Å². The summed E-state index contributed by atoms with van der Waals surface area (Å²) in [6.45, 7) is 6.28. The topological polar surface area (TPSA) is 71.8 Å². The summed E-state index contributed by atoms with van der Waals surface area (Å²) in [5, 5.41) is 12.1. The molecule has 30 heavy (non-hydrogen) atoms. The van der Waals surface area contributed by atoms with Gasteiger partial charge < -0.3 is 10.7 Å². The van der Waals surface area contributed by atoms with Crippen molar-refractivity contribution < 1.29 is 4.79 Å². The van der Waals surface area contributed by atoms with Crippen LogP contribution in [0.15, 0.2) is 53.7 Å². The summed E-state index contributed by atoms with van der Waals surface area (Å²) in [7, 11) is 0. The lowest BCUT2D eigenvalue weighted by Crippen LogP contribution is -2.41. The Kier molecular flexibility index (Phi) is 6.08. The van der Waals surface area contributed by atoms with Crippen LogP contribution >= 0.6 is 11.8 Å². The molecule has 2 aromatic carbocycles. The Labute approximate surface area is 181 Å². The molecule has 1 aliphatic heterocycles. The number of aryl methyl sites for hydroxylation is 3. The quantitative estimate of drug-likeness (QED) is 0.619.